The van der Waals surface area contributed by atoms with E-state index in [9.17, 15) is 0 Å². The summed E-state index contributed by atoms with van der Waals surface area (Å²) >= 11 is 0. The van der Waals surface area contributed by atoms with Gasteiger partial charge in [0.1, 0.15) is 0 Å². The Labute approximate surface area is 60.0 Å². The van der Waals surface area contributed by atoms with Crippen molar-refractivity contribution >= 4 is 0 Å². The molecular formula is C7H12N2O. The maximum Gasteiger partial charge on any atom is 0.158 e. The summed E-state index contributed by atoms with van der Waals surface area (Å²) in [6.07, 6.45) is 4.20. The van der Waals surface area contributed by atoms with E-state index in [2.05, 4.69) is 6.08 Å². The number of rotatable bonds is 2. The lowest BCUT2D eigenvalue weighted by atomic mass is 9.66. The SMILES string of the molecule is NC(N)OC1CC2=CCC21. The Morgan fingerprint density at radius 2 is 2.40 bits per heavy atom. The first-order valence-electron chi connectivity index (χ1n) is 3.63. The van der Waals surface area contributed by atoms with Crippen LogP contribution in [-0.2, 0) is 4.74 Å². The fourth-order valence-electron chi connectivity index (χ4n) is 1.60. The summed E-state index contributed by atoms with van der Waals surface area (Å²) in [6.45, 7) is 0. The van der Waals surface area contributed by atoms with Crippen LogP contribution in [-0.4, -0.2) is 12.5 Å². The molecule has 56 valence electrons. The van der Waals surface area contributed by atoms with Crippen LogP contribution < -0.4 is 11.5 Å². The number of fused-ring (bicyclic) bond motifs is 1. The summed E-state index contributed by atoms with van der Waals surface area (Å²) in [5.41, 5.74) is 12.1. The summed E-state index contributed by atoms with van der Waals surface area (Å²) in [7, 11) is 0. The normalized spacial score (nSPS) is 36.1. The van der Waals surface area contributed by atoms with Crippen molar-refractivity contribution in [1.29, 1.82) is 0 Å². The average molecular weight is 140 g/mol. The molecule has 2 aliphatic rings. The Kier molecular flexibility index (Phi) is 1.30. The van der Waals surface area contributed by atoms with Gasteiger partial charge >= 0.3 is 0 Å². The van der Waals surface area contributed by atoms with Crippen molar-refractivity contribution in [3.63, 3.8) is 0 Å². The topological polar surface area (TPSA) is 61.3 Å². The second-order valence-electron chi connectivity index (χ2n) is 2.96. The summed E-state index contributed by atoms with van der Waals surface area (Å²) in [4.78, 5) is 0. The van der Waals surface area contributed by atoms with Crippen LogP contribution in [0.3, 0.4) is 0 Å². The van der Waals surface area contributed by atoms with E-state index in [1.807, 2.05) is 0 Å². The van der Waals surface area contributed by atoms with Gasteiger partial charge in [0.25, 0.3) is 0 Å². The van der Waals surface area contributed by atoms with Gasteiger partial charge in [0, 0.05) is 5.92 Å². The predicted octanol–water partition coefficient (Wildman–Crippen LogP) is -0.0774. The highest BCUT2D eigenvalue weighted by atomic mass is 16.5. The van der Waals surface area contributed by atoms with Crippen molar-refractivity contribution in [2.24, 2.45) is 17.4 Å². The lowest BCUT2D eigenvalue weighted by Gasteiger charge is -2.45. The molecule has 0 saturated heterocycles. The quantitative estimate of drug-likeness (QED) is 0.416. The van der Waals surface area contributed by atoms with Crippen LogP contribution >= 0.6 is 0 Å². The molecule has 2 rings (SSSR count). The van der Waals surface area contributed by atoms with Crippen molar-refractivity contribution in [2.75, 3.05) is 0 Å². The van der Waals surface area contributed by atoms with Crippen LogP contribution in [0.4, 0.5) is 0 Å². The third-order valence-electron chi connectivity index (χ3n) is 2.33. The first kappa shape index (κ1) is 6.34. The zero-order chi connectivity index (χ0) is 7.14. The molecule has 0 spiro atoms. The molecule has 2 aliphatic carbocycles. The number of hydrogen-bond acceptors (Lipinski definition) is 3. The van der Waals surface area contributed by atoms with Crippen molar-refractivity contribution in [2.45, 2.75) is 25.3 Å². The van der Waals surface area contributed by atoms with Crippen LogP contribution in [0.1, 0.15) is 12.8 Å². The highest BCUT2D eigenvalue weighted by Gasteiger charge is 2.41. The Hall–Kier alpha value is -0.380. The van der Waals surface area contributed by atoms with Crippen LogP contribution in [0.25, 0.3) is 0 Å². The molecule has 0 radical (unpaired) electrons. The Morgan fingerprint density at radius 1 is 1.60 bits per heavy atom. The molecule has 3 nitrogen and oxygen atoms in total. The van der Waals surface area contributed by atoms with E-state index < -0.39 is 6.35 Å². The van der Waals surface area contributed by atoms with E-state index in [0.717, 1.165) is 12.8 Å². The van der Waals surface area contributed by atoms with Crippen LogP contribution in [0.15, 0.2) is 11.6 Å². The van der Waals surface area contributed by atoms with Gasteiger partial charge in [-0.15, -0.1) is 0 Å². The molecule has 3 heteroatoms. The zero-order valence-electron chi connectivity index (χ0n) is 5.79. The molecule has 2 atom stereocenters. The third-order valence-corrected chi connectivity index (χ3v) is 2.33. The number of hydrogen-bond donors (Lipinski definition) is 2. The highest BCUT2D eigenvalue weighted by molar-refractivity contribution is 5.29. The Balaban J connectivity index is 1.83. The molecule has 1 fully saturated rings. The first-order valence-corrected chi connectivity index (χ1v) is 3.63. The van der Waals surface area contributed by atoms with Gasteiger partial charge in [-0.3, -0.25) is 11.5 Å². The molecule has 1 saturated carbocycles. The van der Waals surface area contributed by atoms with Gasteiger partial charge in [0.05, 0.1) is 6.10 Å². The number of ether oxygens (including phenoxy) is 1. The van der Waals surface area contributed by atoms with Crippen molar-refractivity contribution in [3.05, 3.63) is 11.6 Å². The van der Waals surface area contributed by atoms with Gasteiger partial charge in [0.2, 0.25) is 0 Å². The predicted molar refractivity (Wildman–Crippen MR) is 37.8 cm³/mol. The van der Waals surface area contributed by atoms with E-state index in [-0.39, 0.29) is 0 Å². The van der Waals surface area contributed by atoms with Gasteiger partial charge in [-0.1, -0.05) is 11.6 Å². The van der Waals surface area contributed by atoms with Crippen LogP contribution in [0, 0.1) is 5.92 Å². The maximum absolute atomic E-state index is 5.27. The van der Waals surface area contributed by atoms with E-state index in [1.165, 1.54) is 5.57 Å². The van der Waals surface area contributed by atoms with E-state index >= 15 is 0 Å². The van der Waals surface area contributed by atoms with Gasteiger partial charge in [-0.05, 0) is 12.8 Å². The molecular weight excluding hydrogens is 128 g/mol. The molecule has 0 heterocycles. The monoisotopic (exact) mass is 140 g/mol. The second kappa shape index (κ2) is 2.05. The van der Waals surface area contributed by atoms with E-state index in [4.69, 9.17) is 16.2 Å². The smallest absolute Gasteiger partial charge is 0.158 e. The van der Waals surface area contributed by atoms with Crippen molar-refractivity contribution < 1.29 is 4.74 Å². The summed E-state index contributed by atoms with van der Waals surface area (Å²) in [6, 6.07) is 0. The molecule has 0 aromatic heterocycles. The van der Waals surface area contributed by atoms with Gasteiger partial charge < -0.3 is 4.74 Å². The third kappa shape index (κ3) is 0.785. The lowest BCUT2D eigenvalue weighted by Crippen LogP contribution is -2.47. The standard InChI is InChI=1S/C7H12N2O/c8-7(9)10-6-3-4-1-2-5(4)6/h1,5-7H,2-3,8-9H2. The number of nitrogens with two attached hydrogens (primary N) is 2. The van der Waals surface area contributed by atoms with Crippen molar-refractivity contribution in [1.82, 2.24) is 0 Å². The van der Waals surface area contributed by atoms with Crippen LogP contribution in [0.5, 0.6) is 0 Å². The van der Waals surface area contributed by atoms with Gasteiger partial charge in [0.15, 0.2) is 6.35 Å². The second-order valence-corrected chi connectivity index (χ2v) is 2.96. The Morgan fingerprint density at radius 3 is 2.70 bits per heavy atom. The fourth-order valence-corrected chi connectivity index (χ4v) is 1.60. The molecule has 2 unspecified atom stereocenters. The molecule has 4 N–H and O–H groups in total. The highest BCUT2D eigenvalue weighted by Crippen LogP contribution is 2.46. The van der Waals surface area contributed by atoms with E-state index in [0.29, 0.717) is 12.0 Å². The molecule has 0 aliphatic heterocycles. The number of allylic oxidation sites excluding steroid dienone is 1. The minimum Gasteiger partial charge on any atom is -0.346 e. The summed E-state index contributed by atoms with van der Waals surface area (Å²) in [5, 5.41) is 0. The van der Waals surface area contributed by atoms with E-state index in [1.54, 1.807) is 0 Å². The molecule has 0 bridgehead atoms. The average Bonchev–Trinajstić information content (AvgIpc) is 1.80. The summed E-state index contributed by atoms with van der Waals surface area (Å²) < 4.78 is 5.23. The van der Waals surface area contributed by atoms with Crippen LogP contribution in [0.2, 0.25) is 0 Å². The molecule has 0 amide bonds. The largest absolute Gasteiger partial charge is 0.346 e. The summed E-state index contributed by atoms with van der Waals surface area (Å²) in [5.74, 6) is 0.662. The molecule has 0 aromatic rings. The lowest BCUT2D eigenvalue weighted by molar-refractivity contribution is -0.0635. The van der Waals surface area contributed by atoms with Gasteiger partial charge in [-0.25, -0.2) is 0 Å². The molecule has 0 aromatic carbocycles. The Bertz CT molecular complexity index is 176. The maximum atomic E-state index is 5.27. The fraction of sp³-hybridized carbons (Fsp3) is 0.714. The molecule has 10 heavy (non-hydrogen) atoms. The van der Waals surface area contributed by atoms with Crippen molar-refractivity contribution in [3.8, 4) is 0 Å². The minimum absolute atomic E-state index is 0.319. The zero-order valence-corrected chi connectivity index (χ0v) is 5.79. The first-order chi connectivity index (χ1) is 4.77. The minimum atomic E-state index is -0.591. The van der Waals surface area contributed by atoms with Gasteiger partial charge in [-0.2, -0.15) is 0 Å².